The van der Waals surface area contributed by atoms with Gasteiger partial charge in [0, 0.05) is 5.02 Å². The summed E-state index contributed by atoms with van der Waals surface area (Å²) in [6, 6.07) is 5.33. The highest BCUT2D eigenvalue weighted by Gasteiger charge is 2.23. The van der Waals surface area contributed by atoms with E-state index < -0.39 is 5.66 Å². The van der Waals surface area contributed by atoms with E-state index in [9.17, 15) is 0 Å². The molecule has 68 valence electrons. The number of fused-ring (bicyclic) bond motifs is 1. The van der Waals surface area contributed by atoms with E-state index in [1.165, 1.54) is 0 Å². The Hall–Kier alpha value is -0.930. The number of hydrogen-bond donors (Lipinski definition) is 1. The Balaban J connectivity index is 2.67. The molecule has 1 aromatic carbocycles. The van der Waals surface area contributed by atoms with Gasteiger partial charge in [0.2, 0.25) is 0 Å². The molecule has 13 heavy (non-hydrogen) atoms. The van der Waals surface area contributed by atoms with Crippen LogP contribution < -0.4 is 10.7 Å². The van der Waals surface area contributed by atoms with Crippen LogP contribution in [0.4, 0.5) is 0 Å². The van der Waals surface area contributed by atoms with Crippen LogP contribution in [0.5, 0.6) is 0 Å². The molecule has 0 saturated carbocycles. The summed E-state index contributed by atoms with van der Waals surface area (Å²) in [5.41, 5.74) is -0.715. The number of aliphatic hydroxyl groups excluding tert-OH is 1. The maximum atomic E-state index is 9.05. The van der Waals surface area contributed by atoms with Crippen LogP contribution in [-0.2, 0) is 0 Å². The molecule has 0 spiro atoms. The summed E-state index contributed by atoms with van der Waals surface area (Å²) in [4.78, 5) is 8.53. The highest BCUT2D eigenvalue weighted by molar-refractivity contribution is 6.30. The lowest BCUT2D eigenvalue weighted by Crippen LogP contribution is -2.22. The zero-order chi connectivity index (χ0) is 9.47. The third-order valence-corrected chi connectivity index (χ3v) is 2.19. The lowest BCUT2D eigenvalue weighted by Gasteiger charge is -2.11. The van der Waals surface area contributed by atoms with Crippen molar-refractivity contribution in [3.8, 4) is 0 Å². The van der Waals surface area contributed by atoms with Crippen LogP contribution in [0.15, 0.2) is 28.2 Å². The number of benzene rings is 1. The van der Waals surface area contributed by atoms with Gasteiger partial charge in [0.15, 0.2) is 5.66 Å². The third-order valence-electron chi connectivity index (χ3n) is 1.96. The quantitative estimate of drug-likeness (QED) is 0.690. The molecule has 0 aromatic heterocycles. The van der Waals surface area contributed by atoms with E-state index >= 15 is 0 Å². The van der Waals surface area contributed by atoms with Crippen LogP contribution in [0, 0.1) is 0 Å². The molecule has 0 saturated heterocycles. The Morgan fingerprint density at radius 1 is 1.38 bits per heavy atom. The van der Waals surface area contributed by atoms with E-state index in [0.29, 0.717) is 5.02 Å². The van der Waals surface area contributed by atoms with E-state index in [1.54, 1.807) is 19.1 Å². The molecule has 1 N–H and O–H groups in total. The number of nitrogens with zero attached hydrogens (tertiary/aromatic N) is 2. The van der Waals surface area contributed by atoms with Crippen molar-refractivity contribution in [2.24, 2.45) is 9.98 Å². The lowest BCUT2D eigenvalue weighted by molar-refractivity contribution is 0.215. The van der Waals surface area contributed by atoms with E-state index in [-0.39, 0.29) is 6.61 Å². The molecule has 0 fully saturated rings. The van der Waals surface area contributed by atoms with Gasteiger partial charge in [-0.05, 0) is 25.1 Å². The number of hydrogen-bond acceptors (Lipinski definition) is 3. The first-order valence-electron chi connectivity index (χ1n) is 3.99. The van der Waals surface area contributed by atoms with Gasteiger partial charge < -0.3 is 5.11 Å². The predicted octanol–water partition coefficient (Wildman–Crippen LogP) is 0.301. The Labute approximate surface area is 80.4 Å². The van der Waals surface area contributed by atoms with Crippen LogP contribution in [0.3, 0.4) is 0 Å². The Bertz CT molecular complexity index is 457. The van der Waals surface area contributed by atoms with E-state index in [2.05, 4.69) is 9.98 Å². The van der Waals surface area contributed by atoms with Gasteiger partial charge in [0.05, 0.1) is 17.3 Å². The van der Waals surface area contributed by atoms with Gasteiger partial charge in [-0.15, -0.1) is 0 Å². The monoisotopic (exact) mass is 196 g/mol. The fourth-order valence-corrected chi connectivity index (χ4v) is 1.46. The summed E-state index contributed by atoms with van der Waals surface area (Å²) in [7, 11) is 0. The van der Waals surface area contributed by atoms with Crippen molar-refractivity contribution < 1.29 is 5.11 Å². The molecule has 0 aliphatic carbocycles. The standard InChI is InChI=1S/C9H9ClN2O/c1-9(5-13)11-7-3-2-6(10)4-8(7)12-9/h2-4,13H,5H2,1H3. The minimum atomic E-state index is -0.715. The van der Waals surface area contributed by atoms with E-state index in [1.807, 2.05) is 6.07 Å². The normalized spacial score (nSPS) is 24.8. The van der Waals surface area contributed by atoms with Crippen molar-refractivity contribution in [2.45, 2.75) is 12.6 Å². The molecular weight excluding hydrogens is 188 g/mol. The first-order chi connectivity index (χ1) is 6.13. The maximum Gasteiger partial charge on any atom is 0.171 e. The van der Waals surface area contributed by atoms with Gasteiger partial charge in [-0.1, -0.05) is 11.6 Å². The average Bonchev–Trinajstić information content (AvgIpc) is 2.42. The fraction of sp³-hybridized carbons (Fsp3) is 0.333. The number of aliphatic hydroxyl groups is 1. The second-order valence-corrected chi connectivity index (χ2v) is 3.67. The summed E-state index contributed by atoms with van der Waals surface area (Å²) in [6.07, 6.45) is 0. The van der Waals surface area contributed by atoms with Gasteiger partial charge >= 0.3 is 0 Å². The highest BCUT2D eigenvalue weighted by atomic mass is 35.5. The third kappa shape index (κ3) is 1.45. The number of halogens is 1. The second-order valence-electron chi connectivity index (χ2n) is 3.23. The Morgan fingerprint density at radius 3 is 2.77 bits per heavy atom. The van der Waals surface area contributed by atoms with Crippen LogP contribution in [-0.4, -0.2) is 17.4 Å². The molecule has 4 heteroatoms. The summed E-state index contributed by atoms with van der Waals surface area (Å²) >= 11 is 5.80. The second kappa shape index (κ2) is 2.79. The molecule has 1 aromatic rings. The first-order valence-corrected chi connectivity index (χ1v) is 4.37. The van der Waals surface area contributed by atoms with Gasteiger partial charge in [-0.3, -0.25) is 9.98 Å². The van der Waals surface area contributed by atoms with Crippen molar-refractivity contribution in [3.63, 3.8) is 0 Å². The zero-order valence-electron chi connectivity index (χ0n) is 7.16. The van der Waals surface area contributed by atoms with Gasteiger partial charge in [0.25, 0.3) is 0 Å². The molecule has 1 atom stereocenters. The zero-order valence-corrected chi connectivity index (χ0v) is 7.91. The molecule has 1 heterocycles. The average molecular weight is 197 g/mol. The number of rotatable bonds is 1. The van der Waals surface area contributed by atoms with Crippen molar-refractivity contribution in [1.29, 1.82) is 0 Å². The molecule has 1 unspecified atom stereocenters. The van der Waals surface area contributed by atoms with Crippen LogP contribution in [0.2, 0.25) is 5.02 Å². The highest BCUT2D eigenvalue weighted by Crippen LogP contribution is 2.12. The lowest BCUT2D eigenvalue weighted by atomic mass is 10.2. The van der Waals surface area contributed by atoms with Crippen LogP contribution in [0.1, 0.15) is 6.92 Å². The topological polar surface area (TPSA) is 45.0 Å². The Morgan fingerprint density at radius 2 is 2.08 bits per heavy atom. The van der Waals surface area contributed by atoms with E-state index in [0.717, 1.165) is 10.7 Å². The van der Waals surface area contributed by atoms with Crippen molar-refractivity contribution in [3.05, 3.63) is 33.9 Å². The van der Waals surface area contributed by atoms with Crippen LogP contribution in [0.25, 0.3) is 0 Å². The molecule has 1 aliphatic heterocycles. The van der Waals surface area contributed by atoms with E-state index in [4.69, 9.17) is 16.7 Å². The maximum absolute atomic E-state index is 9.05. The summed E-state index contributed by atoms with van der Waals surface area (Å²) in [6.45, 7) is 1.69. The summed E-state index contributed by atoms with van der Waals surface area (Å²) in [5, 5.41) is 11.2. The molecule has 1 aliphatic rings. The molecule has 0 amide bonds. The minimum Gasteiger partial charge on any atom is -0.392 e. The summed E-state index contributed by atoms with van der Waals surface area (Å²) in [5.74, 6) is 0. The van der Waals surface area contributed by atoms with Gasteiger partial charge in [-0.2, -0.15) is 0 Å². The van der Waals surface area contributed by atoms with Crippen LogP contribution >= 0.6 is 11.6 Å². The molecule has 0 radical (unpaired) electrons. The minimum absolute atomic E-state index is 0.0840. The molecule has 0 bridgehead atoms. The SMILES string of the molecule is CC1(CO)N=c2ccc(Cl)cc2=N1. The molecular formula is C9H9ClN2O. The van der Waals surface area contributed by atoms with Crippen molar-refractivity contribution >= 4 is 11.6 Å². The molecule has 3 nitrogen and oxygen atoms in total. The summed E-state index contributed by atoms with van der Waals surface area (Å²) < 4.78 is 0. The van der Waals surface area contributed by atoms with Crippen molar-refractivity contribution in [1.82, 2.24) is 0 Å². The van der Waals surface area contributed by atoms with Crippen molar-refractivity contribution in [2.75, 3.05) is 6.61 Å². The smallest absolute Gasteiger partial charge is 0.171 e. The van der Waals surface area contributed by atoms with Gasteiger partial charge in [0.1, 0.15) is 0 Å². The predicted molar refractivity (Wildman–Crippen MR) is 49.3 cm³/mol. The largest absolute Gasteiger partial charge is 0.392 e. The van der Waals surface area contributed by atoms with Gasteiger partial charge in [-0.25, -0.2) is 0 Å². The first kappa shape index (κ1) is 8.66. The molecule has 2 rings (SSSR count). The fourth-order valence-electron chi connectivity index (χ4n) is 1.30. The Kier molecular flexibility index (Phi) is 1.86.